The topological polar surface area (TPSA) is 37.4 Å². The van der Waals surface area contributed by atoms with Crippen LogP contribution in [0, 0.1) is 17.8 Å². The number of piperidine rings is 1. The lowest BCUT2D eigenvalue weighted by molar-refractivity contribution is -0.136. The van der Waals surface area contributed by atoms with E-state index in [-0.39, 0.29) is 11.8 Å². The fourth-order valence-corrected chi connectivity index (χ4v) is 2.05. The maximum absolute atomic E-state index is 11.8. The van der Waals surface area contributed by atoms with Crippen molar-refractivity contribution in [1.82, 2.24) is 4.90 Å². The number of carbonyl (C=O) groups excluding carboxylic acids is 2. The third kappa shape index (κ3) is 3.33. The van der Waals surface area contributed by atoms with Gasteiger partial charge in [-0.1, -0.05) is 20.8 Å². The molecule has 0 aliphatic carbocycles. The number of carbonyl (C=O) groups is 2. The molecule has 0 spiro atoms. The van der Waals surface area contributed by atoms with E-state index in [1.165, 1.54) is 0 Å². The predicted molar refractivity (Wildman–Crippen MR) is 59.4 cm³/mol. The third-order valence-corrected chi connectivity index (χ3v) is 3.24. The largest absolute Gasteiger partial charge is 0.342 e. The Bertz CT molecular complexity index is 238. The summed E-state index contributed by atoms with van der Waals surface area (Å²) < 4.78 is 0. The Morgan fingerprint density at radius 3 is 2.60 bits per heavy atom. The summed E-state index contributed by atoms with van der Waals surface area (Å²) in [5.41, 5.74) is 0. The minimum absolute atomic E-state index is 0.0375. The summed E-state index contributed by atoms with van der Waals surface area (Å²) in [6.07, 6.45) is 2.65. The second kappa shape index (κ2) is 5.29. The Hall–Kier alpha value is -0.860. The van der Waals surface area contributed by atoms with Gasteiger partial charge in [-0.15, -0.1) is 0 Å². The van der Waals surface area contributed by atoms with E-state index in [1.807, 2.05) is 11.8 Å². The van der Waals surface area contributed by atoms with Gasteiger partial charge < -0.3 is 9.69 Å². The van der Waals surface area contributed by atoms with Crippen LogP contribution in [0.2, 0.25) is 0 Å². The first-order chi connectivity index (χ1) is 7.04. The second-order valence-corrected chi connectivity index (χ2v) is 4.95. The average Bonchev–Trinajstić information content (AvgIpc) is 2.20. The van der Waals surface area contributed by atoms with Gasteiger partial charge in [0.25, 0.3) is 0 Å². The number of nitrogens with zero attached hydrogens (tertiary/aromatic N) is 1. The minimum Gasteiger partial charge on any atom is -0.342 e. The fraction of sp³-hybridized carbons (Fsp3) is 0.833. The summed E-state index contributed by atoms with van der Waals surface area (Å²) in [6.45, 7) is 7.60. The van der Waals surface area contributed by atoms with E-state index >= 15 is 0 Å². The number of hydrogen-bond acceptors (Lipinski definition) is 2. The van der Waals surface area contributed by atoms with E-state index in [2.05, 4.69) is 13.8 Å². The van der Waals surface area contributed by atoms with Crippen LogP contribution in [-0.4, -0.2) is 30.2 Å². The Morgan fingerprint density at radius 1 is 1.47 bits per heavy atom. The Labute approximate surface area is 91.8 Å². The molecule has 1 aliphatic heterocycles. The van der Waals surface area contributed by atoms with Gasteiger partial charge in [0.05, 0.1) is 0 Å². The molecule has 3 heteroatoms. The number of hydrogen-bond donors (Lipinski definition) is 0. The number of aldehydes is 1. The summed E-state index contributed by atoms with van der Waals surface area (Å²) in [7, 11) is 0. The smallest absolute Gasteiger partial charge is 0.222 e. The molecule has 86 valence electrons. The number of amides is 1. The van der Waals surface area contributed by atoms with Gasteiger partial charge in [0.1, 0.15) is 6.29 Å². The molecule has 1 aliphatic rings. The van der Waals surface area contributed by atoms with Crippen molar-refractivity contribution in [3.63, 3.8) is 0 Å². The van der Waals surface area contributed by atoms with Crippen molar-refractivity contribution in [1.29, 1.82) is 0 Å². The lowest BCUT2D eigenvalue weighted by atomic mass is 9.86. The zero-order valence-electron chi connectivity index (χ0n) is 9.90. The highest BCUT2D eigenvalue weighted by molar-refractivity contribution is 5.77. The highest BCUT2D eigenvalue weighted by atomic mass is 16.2. The molecule has 0 aromatic carbocycles. The maximum atomic E-state index is 11.8. The van der Waals surface area contributed by atoms with Gasteiger partial charge in [0.2, 0.25) is 5.91 Å². The van der Waals surface area contributed by atoms with Gasteiger partial charge in [0.15, 0.2) is 0 Å². The molecule has 0 radical (unpaired) electrons. The molecule has 0 bridgehead atoms. The monoisotopic (exact) mass is 211 g/mol. The van der Waals surface area contributed by atoms with E-state index in [1.54, 1.807) is 0 Å². The van der Waals surface area contributed by atoms with Crippen molar-refractivity contribution in [3.8, 4) is 0 Å². The van der Waals surface area contributed by atoms with Crippen LogP contribution in [0.4, 0.5) is 0 Å². The summed E-state index contributed by atoms with van der Waals surface area (Å²) >= 11 is 0. The van der Waals surface area contributed by atoms with Crippen molar-refractivity contribution in [2.45, 2.75) is 33.6 Å². The van der Waals surface area contributed by atoms with Crippen LogP contribution in [-0.2, 0) is 9.59 Å². The summed E-state index contributed by atoms with van der Waals surface area (Å²) in [5.74, 6) is 1.29. The minimum atomic E-state index is -0.0375. The van der Waals surface area contributed by atoms with E-state index in [0.717, 1.165) is 19.3 Å². The second-order valence-electron chi connectivity index (χ2n) is 4.95. The van der Waals surface area contributed by atoms with Crippen LogP contribution in [0.1, 0.15) is 33.6 Å². The van der Waals surface area contributed by atoms with Gasteiger partial charge in [-0.3, -0.25) is 4.79 Å². The molecular formula is C12H21NO2. The highest BCUT2D eigenvalue weighted by Crippen LogP contribution is 2.25. The SMILES string of the molecule is CC(C=O)CN1CCC(C(C)C)CC1=O. The van der Waals surface area contributed by atoms with Crippen LogP contribution in [0.3, 0.4) is 0 Å². The maximum Gasteiger partial charge on any atom is 0.222 e. The molecule has 3 nitrogen and oxygen atoms in total. The van der Waals surface area contributed by atoms with Gasteiger partial charge in [-0.05, 0) is 18.3 Å². The Morgan fingerprint density at radius 2 is 2.13 bits per heavy atom. The van der Waals surface area contributed by atoms with E-state index < -0.39 is 0 Å². The third-order valence-electron chi connectivity index (χ3n) is 3.24. The molecule has 1 amide bonds. The summed E-state index contributed by atoms with van der Waals surface area (Å²) in [6, 6.07) is 0. The molecule has 1 fully saturated rings. The van der Waals surface area contributed by atoms with E-state index in [9.17, 15) is 9.59 Å². The van der Waals surface area contributed by atoms with Crippen LogP contribution >= 0.6 is 0 Å². The molecule has 0 aromatic heterocycles. The lowest BCUT2D eigenvalue weighted by Crippen LogP contribution is -2.42. The first-order valence-electron chi connectivity index (χ1n) is 5.77. The standard InChI is InChI=1S/C12H21NO2/c1-9(2)11-4-5-13(12(15)6-11)7-10(3)8-14/h8-11H,4-7H2,1-3H3. The van der Waals surface area contributed by atoms with Crippen molar-refractivity contribution in [2.75, 3.05) is 13.1 Å². The highest BCUT2D eigenvalue weighted by Gasteiger charge is 2.27. The van der Waals surface area contributed by atoms with Gasteiger partial charge in [-0.2, -0.15) is 0 Å². The zero-order chi connectivity index (χ0) is 11.4. The van der Waals surface area contributed by atoms with E-state index in [0.29, 0.717) is 24.8 Å². The van der Waals surface area contributed by atoms with Crippen molar-refractivity contribution in [2.24, 2.45) is 17.8 Å². The summed E-state index contributed by atoms with van der Waals surface area (Å²) in [5, 5.41) is 0. The van der Waals surface area contributed by atoms with Crippen molar-refractivity contribution < 1.29 is 9.59 Å². The number of likely N-dealkylation sites (tertiary alicyclic amines) is 1. The van der Waals surface area contributed by atoms with E-state index in [4.69, 9.17) is 0 Å². The molecule has 2 atom stereocenters. The quantitative estimate of drug-likeness (QED) is 0.664. The predicted octanol–water partition coefficient (Wildman–Crippen LogP) is 1.72. The number of rotatable bonds is 4. The Balaban J connectivity index is 2.45. The molecule has 15 heavy (non-hydrogen) atoms. The molecule has 0 N–H and O–H groups in total. The summed E-state index contributed by atoms with van der Waals surface area (Å²) in [4.78, 5) is 24.1. The van der Waals surface area contributed by atoms with Crippen molar-refractivity contribution >= 4 is 12.2 Å². The molecule has 1 rings (SSSR count). The molecule has 2 unspecified atom stereocenters. The molecular weight excluding hydrogens is 190 g/mol. The van der Waals surface area contributed by atoms with Gasteiger partial charge in [-0.25, -0.2) is 0 Å². The normalized spacial score (nSPS) is 24.4. The zero-order valence-corrected chi connectivity index (χ0v) is 9.90. The Kier molecular flexibility index (Phi) is 4.30. The fourth-order valence-electron chi connectivity index (χ4n) is 2.05. The molecule has 0 saturated carbocycles. The van der Waals surface area contributed by atoms with Crippen LogP contribution in [0.25, 0.3) is 0 Å². The van der Waals surface area contributed by atoms with Gasteiger partial charge in [0, 0.05) is 25.4 Å². The van der Waals surface area contributed by atoms with Crippen molar-refractivity contribution in [3.05, 3.63) is 0 Å². The average molecular weight is 211 g/mol. The van der Waals surface area contributed by atoms with Crippen LogP contribution in [0.5, 0.6) is 0 Å². The molecule has 1 saturated heterocycles. The first kappa shape index (κ1) is 12.2. The van der Waals surface area contributed by atoms with Gasteiger partial charge >= 0.3 is 0 Å². The van der Waals surface area contributed by atoms with Crippen LogP contribution in [0.15, 0.2) is 0 Å². The van der Waals surface area contributed by atoms with Crippen LogP contribution < -0.4 is 0 Å². The molecule has 0 aromatic rings. The lowest BCUT2D eigenvalue weighted by Gasteiger charge is -2.34. The molecule has 1 heterocycles. The first-order valence-corrected chi connectivity index (χ1v) is 5.77.